The first-order chi connectivity index (χ1) is 61.8. The SMILES string of the molecule is CC#CC#CC#CC#CC#CC#CC#CC#CC(=O)OC1CC(C)(C)N(O)C(C)(C)C1.CC1(C)CC(OC(=O)CC(C(=O)OC2CC(C)(C)N(O)C(C)(C)C2)C(CC(=O)OC2CC(C)(C)N(O)C(C)(C)C2)C(=O)OC2CC(C)(C)N(O)C(C)(C)C2)CC(C)(C)N1O.CC1(C)CC(OC(=O)CCCCCCCCC(=O)OC2CC(C)(C)N(O)C(C)(C)C2)CC(C)(C)N1O.CCC(C)C(C)CC.[HH].[HH].[HH].[HH].[HH].[HH].[HH].[HH].[HH].[HH].[HH].[HH].[HH].[HH].[HH].[HH]. The molecule has 0 aromatic carbocycles. The van der Waals surface area contributed by atoms with Crippen LogP contribution in [0.5, 0.6) is 0 Å². The molecule has 0 saturated carbocycles. The van der Waals surface area contributed by atoms with Crippen LogP contribution in [0.2, 0.25) is 0 Å². The van der Waals surface area contributed by atoms with Crippen LogP contribution in [-0.2, 0) is 66.7 Å². The highest BCUT2D eigenvalue weighted by molar-refractivity contribution is 5.90. The average molecular weight is 1920 g/mol. The van der Waals surface area contributed by atoms with Crippen LogP contribution in [0.4, 0.5) is 0 Å². The van der Waals surface area contributed by atoms with E-state index in [1.165, 1.54) is 48.3 Å². The summed E-state index contributed by atoms with van der Waals surface area (Å²) in [4.78, 5) is 94.1. The summed E-state index contributed by atoms with van der Waals surface area (Å²) in [6, 6.07) is 0. The Hall–Kier alpha value is -7.79. The quantitative estimate of drug-likeness (QED) is 0.0139. The second kappa shape index (κ2) is 49.4. The summed E-state index contributed by atoms with van der Waals surface area (Å²) < 4.78 is 41.3. The summed E-state index contributed by atoms with van der Waals surface area (Å²) in [7, 11) is 0. The number of hydrogen-bond acceptors (Lipinski definition) is 28. The Morgan fingerprint density at radius 3 is 0.637 bits per heavy atom. The van der Waals surface area contributed by atoms with Gasteiger partial charge in [-0.05, 0) is 308 Å². The van der Waals surface area contributed by atoms with Gasteiger partial charge in [-0.1, -0.05) is 72.1 Å². The fourth-order valence-electron chi connectivity index (χ4n) is 21.2. The molecule has 28 nitrogen and oxygen atoms in total. The predicted molar refractivity (Wildman–Crippen MR) is 550 cm³/mol. The van der Waals surface area contributed by atoms with E-state index in [2.05, 4.69) is 122 Å². The lowest BCUT2D eigenvalue weighted by molar-refractivity contribution is -0.262. The van der Waals surface area contributed by atoms with Crippen LogP contribution < -0.4 is 0 Å². The Bertz CT molecular complexity index is 4330. The third-order valence-corrected chi connectivity index (χ3v) is 27.5. The van der Waals surface area contributed by atoms with Gasteiger partial charge in [0.1, 0.15) is 42.7 Å². The molecule has 7 saturated heterocycles. The number of nitrogens with zero attached hydrogens (tertiary/aromatic N) is 7. The van der Waals surface area contributed by atoms with E-state index in [0.29, 0.717) is 77.0 Å². The summed E-state index contributed by atoms with van der Waals surface area (Å²) in [6.07, 6.45) is 10.2. The molecule has 7 fully saturated rings. The van der Waals surface area contributed by atoms with E-state index in [9.17, 15) is 70.0 Å². The normalized spacial score (nSPS) is 23.5. The molecule has 7 heterocycles. The number of hydroxylamine groups is 14. The van der Waals surface area contributed by atoms with Crippen molar-refractivity contribution in [3.8, 4) is 94.7 Å². The summed E-state index contributed by atoms with van der Waals surface area (Å²) in [5.74, 6) is 34.2. The molecule has 0 bridgehead atoms. The number of carbonyl (C=O) groups excluding carboxylic acids is 7. The molecule has 0 aromatic rings. The standard InChI is InChI=1S/C44H78N4O12.C28H52N2O6.C27H21NO3.C8H18.16H2/c1-37(2)19-27(20-38(3,4)45(37)53)57-33(49)17-31(35(51)59-29-23-41(9,10)47(55)42(11,12)24-29)32(36(52)60-30-25-43(13,14)48(56)44(15,16)26-30)18-34(50)58-28-21-39(5,6)46(54)40(7,8)22-28;1-25(2)17-21(18-26(3,4)29(25)33)35-23(31)15-13-11-9-10-12-14-16-24(32)36-22-19-27(5,6)30(34)28(7,8)20-22;1-6-7-8-9-10-11-12-13-14-15-16-17-18-19-20-21-25(29)31-24-22-26(2,3)28(30)27(4,5)23-24;1-5-7(3)8(4)6-2;;;;;;;;;;;;;;;;/h27-32,53-56H,17-26H2,1-16H3;21-22,33-34H,9-20H2,1-8H3;24,30H,22-23H2,1-5H3;7-8H,5-6H2,1-4H3;16*1H. The molecule has 0 amide bonds. The van der Waals surface area contributed by atoms with Crippen molar-refractivity contribution in [2.45, 2.75) is 516 Å². The molecule has 0 aromatic heterocycles. The van der Waals surface area contributed by atoms with Crippen molar-refractivity contribution in [1.82, 2.24) is 35.4 Å². The minimum atomic E-state index is -1.54. The topological polar surface area (TPSA) is 348 Å². The van der Waals surface area contributed by atoms with Crippen molar-refractivity contribution in [1.29, 1.82) is 0 Å². The molecule has 7 N–H and O–H groups in total. The van der Waals surface area contributed by atoms with E-state index >= 15 is 0 Å². The van der Waals surface area contributed by atoms with Gasteiger partial charge in [0.05, 0.1) is 24.7 Å². The molecule has 7 aliphatic heterocycles. The summed E-state index contributed by atoms with van der Waals surface area (Å²) in [6.45, 7) is 63.5. The van der Waals surface area contributed by atoms with Crippen LogP contribution in [0.15, 0.2) is 0 Å². The van der Waals surface area contributed by atoms with Gasteiger partial charge in [0.15, 0.2) is 0 Å². The van der Waals surface area contributed by atoms with Crippen molar-refractivity contribution in [3.63, 3.8) is 0 Å². The van der Waals surface area contributed by atoms with Crippen LogP contribution in [0, 0.1) is 118 Å². The Morgan fingerprint density at radius 2 is 0.437 bits per heavy atom. The fraction of sp³-hybridized carbons (Fsp3) is 0.785. The van der Waals surface area contributed by atoms with Crippen molar-refractivity contribution in [2.24, 2.45) is 23.7 Å². The maximum absolute atomic E-state index is 14.7. The van der Waals surface area contributed by atoms with E-state index in [1.807, 2.05) is 194 Å². The van der Waals surface area contributed by atoms with Crippen molar-refractivity contribution < 1.29 is 126 Å². The number of rotatable bonds is 26. The number of hydrogen-bond donors (Lipinski definition) is 7. The van der Waals surface area contributed by atoms with Gasteiger partial charge >= 0.3 is 41.8 Å². The summed E-state index contributed by atoms with van der Waals surface area (Å²) in [5.41, 5.74) is -8.89. The van der Waals surface area contributed by atoms with Gasteiger partial charge < -0.3 is 69.6 Å². The number of esters is 7. The van der Waals surface area contributed by atoms with E-state index in [0.717, 1.165) is 50.4 Å². The van der Waals surface area contributed by atoms with Crippen molar-refractivity contribution in [2.75, 3.05) is 0 Å². The molecule has 28 heteroatoms. The van der Waals surface area contributed by atoms with Gasteiger partial charge in [0.2, 0.25) is 0 Å². The van der Waals surface area contributed by atoms with Gasteiger partial charge in [0.25, 0.3) is 0 Å². The first-order valence-corrected chi connectivity index (χ1v) is 48.6. The second-order valence-electron chi connectivity index (χ2n) is 47.1. The highest BCUT2D eigenvalue weighted by atomic mass is 16.6. The van der Waals surface area contributed by atoms with Crippen LogP contribution in [0.3, 0.4) is 0 Å². The molecule has 0 aliphatic carbocycles. The van der Waals surface area contributed by atoms with Crippen molar-refractivity contribution >= 4 is 41.8 Å². The third kappa shape index (κ3) is 36.7. The van der Waals surface area contributed by atoms with Crippen LogP contribution in [0.1, 0.15) is 418 Å². The van der Waals surface area contributed by atoms with Crippen LogP contribution >= 0.6 is 0 Å². The Morgan fingerprint density at radius 1 is 0.267 bits per heavy atom. The summed E-state index contributed by atoms with van der Waals surface area (Å²) >= 11 is 0. The van der Waals surface area contributed by atoms with Gasteiger partial charge in [-0.15, -0.1) is 0 Å². The van der Waals surface area contributed by atoms with Crippen LogP contribution in [-0.4, -0.2) is 234 Å². The summed E-state index contributed by atoms with van der Waals surface area (Å²) in [5, 5.41) is 83.9. The molecule has 0 radical (unpaired) electrons. The molecule has 135 heavy (non-hydrogen) atoms. The highest BCUT2D eigenvalue weighted by Crippen LogP contribution is 2.47. The Balaban J connectivity index is -0.000000166. The lowest BCUT2D eigenvalue weighted by Gasteiger charge is -2.51. The third-order valence-electron chi connectivity index (χ3n) is 27.5. The fourth-order valence-corrected chi connectivity index (χ4v) is 21.2. The van der Waals surface area contributed by atoms with Crippen LogP contribution in [0.25, 0.3) is 0 Å². The minimum Gasteiger partial charge on any atom is -0.462 e. The zero-order chi connectivity index (χ0) is 103. The Kier molecular flexibility index (Phi) is 43.7. The smallest absolute Gasteiger partial charge is 0.385 e. The molecular weight excluding hydrogens is 1720 g/mol. The van der Waals surface area contributed by atoms with Gasteiger partial charge in [-0.3, -0.25) is 28.8 Å². The van der Waals surface area contributed by atoms with E-state index < -0.39 is 156 Å². The molecule has 7 aliphatic rings. The van der Waals surface area contributed by atoms with E-state index in [-0.39, 0.29) is 78.8 Å². The maximum atomic E-state index is 14.7. The molecule has 4 atom stereocenters. The minimum absolute atomic E-state index is 0. The molecule has 4 unspecified atom stereocenters. The van der Waals surface area contributed by atoms with Gasteiger partial charge in [-0.25, -0.2) is 4.79 Å². The first-order valence-electron chi connectivity index (χ1n) is 48.6. The van der Waals surface area contributed by atoms with E-state index in [1.54, 1.807) is 6.92 Å². The van der Waals surface area contributed by atoms with Gasteiger partial charge in [-0.2, -0.15) is 35.4 Å². The molecule has 790 valence electrons. The van der Waals surface area contributed by atoms with Crippen molar-refractivity contribution in [3.05, 3.63) is 0 Å². The molecular formula is C107H201N7O21. The maximum Gasteiger partial charge on any atom is 0.385 e. The largest absolute Gasteiger partial charge is 0.462 e. The number of ether oxygens (including phenoxy) is 7. The number of carbonyl (C=O) groups is 7. The number of unbranched alkanes of at least 4 members (excludes halogenated alkanes) is 5. The molecule has 7 rings (SSSR count). The number of piperidine rings is 7. The second-order valence-corrected chi connectivity index (χ2v) is 47.1. The predicted octanol–water partition coefficient (Wildman–Crippen LogP) is 21.8. The molecule has 0 spiro atoms. The zero-order valence-electron chi connectivity index (χ0n) is 88.2. The Labute approximate surface area is 834 Å². The lowest BCUT2D eigenvalue weighted by atomic mass is 9.79. The lowest BCUT2D eigenvalue weighted by Crippen LogP contribution is -2.61. The van der Waals surface area contributed by atoms with Gasteiger partial charge in [0, 0.05) is 209 Å². The van der Waals surface area contributed by atoms with E-state index in [4.69, 9.17) is 33.2 Å². The zero-order valence-corrected chi connectivity index (χ0v) is 88.2. The highest BCUT2D eigenvalue weighted by Gasteiger charge is 2.55. The first kappa shape index (κ1) is 120. The average Bonchev–Trinajstić information content (AvgIpc) is 0.750. The monoisotopic (exact) mass is 1920 g/mol.